The van der Waals surface area contributed by atoms with Crippen molar-refractivity contribution in [2.75, 3.05) is 5.43 Å². The molecule has 1 aromatic heterocycles. The average molecular weight is 139 g/mol. The molecule has 0 unspecified atom stereocenters. The fraction of sp³-hybridized carbons (Fsp3) is 0. The number of nitrogens with one attached hydrogen (secondary N) is 4. The summed E-state index contributed by atoms with van der Waals surface area (Å²) in [7, 11) is 0. The van der Waals surface area contributed by atoms with Gasteiger partial charge in [-0.1, -0.05) is 0 Å². The Morgan fingerprint density at radius 2 is 2.30 bits per heavy atom. The van der Waals surface area contributed by atoms with E-state index in [1.165, 1.54) is 6.33 Å². The third kappa shape index (κ3) is 0.560. The van der Waals surface area contributed by atoms with E-state index in [-0.39, 0.29) is 5.91 Å². The summed E-state index contributed by atoms with van der Waals surface area (Å²) < 4.78 is 0. The Balaban J connectivity index is 2.50. The number of anilines is 1. The van der Waals surface area contributed by atoms with Gasteiger partial charge in [-0.2, -0.15) is 0 Å². The van der Waals surface area contributed by atoms with Crippen LogP contribution in [0.1, 0.15) is 10.5 Å². The summed E-state index contributed by atoms with van der Waals surface area (Å²) >= 11 is 0. The average Bonchev–Trinajstić information content (AvgIpc) is 2.36. The van der Waals surface area contributed by atoms with Gasteiger partial charge in [-0.05, 0) is 0 Å². The van der Waals surface area contributed by atoms with Crippen molar-refractivity contribution in [1.29, 1.82) is 0 Å². The minimum atomic E-state index is -0.216. The Kier molecular flexibility index (Phi) is 0.896. The van der Waals surface area contributed by atoms with Gasteiger partial charge in [0.15, 0.2) is 11.5 Å². The van der Waals surface area contributed by atoms with E-state index in [0.717, 1.165) is 0 Å². The van der Waals surface area contributed by atoms with Crippen LogP contribution in [0, 0.1) is 0 Å². The highest BCUT2D eigenvalue weighted by Gasteiger charge is 2.17. The number of hydrogen-bond donors (Lipinski definition) is 4. The summed E-state index contributed by atoms with van der Waals surface area (Å²) in [6.45, 7) is 0. The van der Waals surface area contributed by atoms with Crippen molar-refractivity contribution < 1.29 is 4.79 Å². The Morgan fingerprint density at radius 3 is 3.10 bits per heavy atom. The molecule has 0 fully saturated rings. The van der Waals surface area contributed by atoms with Gasteiger partial charge in [0.25, 0.3) is 5.91 Å². The first-order valence-corrected chi connectivity index (χ1v) is 2.72. The number of H-pyrrole nitrogens is 1. The molecule has 0 aromatic carbocycles. The molecule has 0 saturated heterocycles. The van der Waals surface area contributed by atoms with E-state index in [9.17, 15) is 4.79 Å². The zero-order valence-corrected chi connectivity index (χ0v) is 4.93. The van der Waals surface area contributed by atoms with Gasteiger partial charge in [-0.3, -0.25) is 15.6 Å². The number of rotatable bonds is 0. The van der Waals surface area contributed by atoms with Gasteiger partial charge in [0.05, 0.1) is 6.33 Å². The highest BCUT2D eigenvalue weighted by atomic mass is 16.2. The molecule has 0 spiro atoms. The first-order valence-electron chi connectivity index (χ1n) is 2.72. The molecular weight excluding hydrogens is 134 g/mol. The van der Waals surface area contributed by atoms with E-state index in [2.05, 4.69) is 26.4 Å². The Labute approximate surface area is 56.0 Å². The number of hydrogen-bond acceptors (Lipinski definition) is 4. The van der Waals surface area contributed by atoms with Gasteiger partial charge < -0.3 is 4.98 Å². The minimum Gasteiger partial charge on any atom is -0.339 e. The molecule has 0 radical (unpaired) electrons. The molecule has 0 bridgehead atoms. The standard InChI is InChI=1S/C4H5N5O/c10-4-2-3(6-1-5-2)7-9-8-4/h1,7,9H,(H,5,6)(H,8,10). The molecule has 6 nitrogen and oxygen atoms in total. The topological polar surface area (TPSA) is 81.8 Å². The lowest BCUT2D eigenvalue weighted by atomic mass is 10.4. The molecule has 4 N–H and O–H groups in total. The Morgan fingerprint density at radius 1 is 1.40 bits per heavy atom. The number of imidazole rings is 1. The van der Waals surface area contributed by atoms with Crippen molar-refractivity contribution in [3.05, 3.63) is 12.0 Å². The third-order valence-electron chi connectivity index (χ3n) is 1.22. The van der Waals surface area contributed by atoms with Crippen molar-refractivity contribution in [2.24, 2.45) is 0 Å². The number of aromatic nitrogens is 2. The van der Waals surface area contributed by atoms with Crippen LogP contribution in [-0.4, -0.2) is 15.9 Å². The van der Waals surface area contributed by atoms with Crippen molar-refractivity contribution in [3.8, 4) is 0 Å². The predicted octanol–water partition coefficient (Wildman–Crippen LogP) is -1.02. The molecule has 0 atom stereocenters. The number of carbonyl (C=O) groups excluding carboxylic acids is 1. The van der Waals surface area contributed by atoms with Crippen LogP contribution in [0.25, 0.3) is 0 Å². The molecule has 52 valence electrons. The summed E-state index contributed by atoms with van der Waals surface area (Å²) in [6.07, 6.45) is 1.45. The number of nitrogens with zero attached hydrogens (tertiary/aromatic N) is 1. The van der Waals surface area contributed by atoms with E-state index in [0.29, 0.717) is 11.5 Å². The fourth-order valence-corrected chi connectivity index (χ4v) is 0.772. The van der Waals surface area contributed by atoms with Crippen molar-refractivity contribution in [1.82, 2.24) is 20.9 Å². The lowest BCUT2D eigenvalue weighted by Gasteiger charge is -2.13. The number of hydrazine groups is 2. The lowest BCUT2D eigenvalue weighted by molar-refractivity contribution is 0.0927. The van der Waals surface area contributed by atoms with Crippen LogP contribution >= 0.6 is 0 Å². The second-order valence-electron chi connectivity index (χ2n) is 1.83. The second kappa shape index (κ2) is 1.71. The number of fused-ring (bicyclic) bond motifs is 1. The van der Waals surface area contributed by atoms with E-state index in [1.807, 2.05) is 0 Å². The molecule has 1 aliphatic rings. The van der Waals surface area contributed by atoms with E-state index in [4.69, 9.17) is 0 Å². The van der Waals surface area contributed by atoms with Gasteiger partial charge >= 0.3 is 0 Å². The summed E-state index contributed by atoms with van der Waals surface area (Å²) in [5.74, 6) is 0.301. The van der Waals surface area contributed by atoms with Crippen LogP contribution < -0.4 is 16.4 Å². The van der Waals surface area contributed by atoms with Crippen molar-refractivity contribution >= 4 is 11.7 Å². The minimum absolute atomic E-state index is 0.216. The summed E-state index contributed by atoms with van der Waals surface area (Å²) in [5, 5.41) is 0. The Bertz CT molecular complexity index is 266. The lowest BCUT2D eigenvalue weighted by Crippen LogP contribution is -2.45. The van der Waals surface area contributed by atoms with Crippen LogP contribution in [0.2, 0.25) is 0 Å². The summed E-state index contributed by atoms with van der Waals surface area (Å²) in [5.41, 5.74) is 7.89. The SMILES string of the molecule is O=C1NNNc2nc[nH]c21. The molecule has 1 aromatic rings. The van der Waals surface area contributed by atoms with Crippen LogP contribution in [0.3, 0.4) is 0 Å². The molecule has 0 aliphatic carbocycles. The van der Waals surface area contributed by atoms with E-state index in [1.54, 1.807) is 0 Å². The highest BCUT2D eigenvalue weighted by molar-refractivity contribution is 5.97. The van der Waals surface area contributed by atoms with E-state index >= 15 is 0 Å². The molecule has 1 aliphatic heterocycles. The Hall–Kier alpha value is -1.56. The monoisotopic (exact) mass is 139 g/mol. The maximum atomic E-state index is 10.9. The van der Waals surface area contributed by atoms with Crippen molar-refractivity contribution in [3.63, 3.8) is 0 Å². The maximum absolute atomic E-state index is 10.9. The molecule has 10 heavy (non-hydrogen) atoms. The largest absolute Gasteiger partial charge is 0.339 e. The van der Waals surface area contributed by atoms with Gasteiger partial charge in [0.1, 0.15) is 0 Å². The van der Waals surface area contributed by atoms with Gasteiger partial charge in [-0.25, -0.2) is 4.98 Å². The van der Waals surface area contributed by atoms with E-state index < -0.39 is 0 Å². The molecule has 2 rings (SSSR count). The second-order valence-corrected chi connectivity index (χ2v) is 1.83. The molecular formula is C4H5N5O. The fourth-order valence-electron chi connectivity index (χ4n) is 0.772. The third-order valence-corrected chi connectivity index (χ3v) is 1.22. The zero-order valence-electron chi connectivity index (χ0n) is 4.93. The molecule has 1 amide bonds. The predicted molar refractivity (Wildman–Crippen MR) is 32.8 cm³/mol. The highest BCUT2D eigenvalue weighted by Crippen LogP contribution is 2.08. The smallest absolute Gasteiger partial charge is 0.287 e. The molecule has 6 heteroatoms. The normalized spacial score (nSPS) is 15.4. The first kappa shape index (κ1) is 5.24. The number of aromatic amines is 1. The first-order chi connectivity index (χ1) is 4.88. The van der Waals surface area contributed by atoms with Crippen LogP contribution in [-0.2, 0) is 0 Å². The van der Waals surface area contributed by atoms with Crippen LogP contribution in [0.15, 0.2) is 6.33 Å². The van der Waals surface area contributed by atoms with Gasteiger partial charge in [0.2, 0.25) is 0 Å². The number of amides is 1. The van der Waals surface area contributed by atoms with Crippen molar-refractivity contribution in [2.45, 2.75) is 0 Å². The quantitative estimate of drug-likeness (QED) is 0.371. The van der Waals surface area contributed by atoms with Crippen LogP contribution in [0.5, 0.6) is 0 Å². The zero-order chi connectivity index (χ0) is 6.97. The van der Waals surface area contributed by atoms with Gasteiger partial charge in [-0.15, -0.1) is 5.53 Å². The van der Waals surface area contributed by atoms with Crippen LogP contribution in [0.4, 0.5) is 5.82 Å². The number of carbonyl (C=O) groups is 1. The summed E-state index contributed by atoms with van der Waals surface area (Å²) in [6, 6.07) is 0. The molecule has 0 saturated carbocycles. The maximum Gasteiger partial charge on any atom is 0.287 e. The van der Waals surface area contributed by atoms with Gasteiger partial charge in [0, 0.05) is 0 Å². The molecule has 2 heterocycles. The summed E-state index contributed by atoms with van der Waals surface area (Å²) in [4.78, 5) is 17.4.